The lowest BCUT2D eigenvalue weighted by Crippen LogP contribution is -2.19. The van der Waals surface area contributed by atoms with Gasteiger partial charge in [-0.05, 0) is 37.6 Å². The van der Waals surface area contributed by atoms with E-state index in [0.29, 0.717) is 5.92 Å². The molecule has 3 nitrogen and oxygen atoms in total. The number of thiazole rings is 1. The Morgan fingerprint density at radius 2 is 2.19 bits per heavy atom. The molecule has 0 spiro atoms. The highest BCUT2D eigenvalue weighted by atomic mass is 32.1. The first-order valence-corrected chi connectivity index (χ1v) is 9.46. The maximum Gasteiger partial charge on any atom is 0.185 e. The van der Waals surface area contributed by atoms with E-state index in [2.05, 4.69) is 37.9 Å². The van der Waals surface area contributed by atoms with E-state index >= 15 is 0 Å². The molecule has 1 aliphatic heterocycles. The molecule has 2 heterocycles. The van der Waals surface area contributed by atoms with E-state index in [9.17, 15) is 0 Å². The molecule has 0 saturated carbocycles. The second-order valence-corrected chi connectivity index (χ2v) is 7.36. The van der Waals surface area contributed by atoms with Crippen LogP contribution in [0.3, 0.4) is 0 Å². The zero-order valence-corrected chi connectivity index (χ0v) is 14.9. The Labute approximate surface area is 134 Å². The van der Waals surface area contributed by atoms with E-state index in [1.807, 2.05) is 11.3 Å². The van der Waals surface area contributed by atoms with E-state index in [-0.39, 0.29) is 0 Å². The van der Waals surface area contributed by atoms with Crippen molar-refractivity contribution in [3.8, 4) is 0 Å². The highest BCUT2D eigenvalue weighted by molar-refractivity contribution is 7.15. The number of hydrogen-bond acceptors (Lipinski definition) is 4. The fourth-order valence-electron chi connectivity index (χ4n) is 2.91. The minimum absolute atomic E-state index is 0.568. The van der Waals surface area contributed by atoms with Gasteiger partial charge in [-0.25, -0.2) is 4.98 Å². The van der Waals surface area contributed by atoms with Crippen molar-refractivity contribution >= 4 is 16.5 Å². The molecule has 0 aliphatic carbocycles. The summed E-state index contributed by atoms with van der Waals surface area (Å²) in [5.41, 5.74) is 1.33. The van der Waals surface area contributed by atoms with Gasteiger partial charge in [-0.15, -0.1) is 11.3 Å². The van der Waals surface area contributed by atoms with Crippen LogP contribution in [0.5, 0.6) is 0 Å². The Kier molecular flexibility index (Phi) is 6.49. The van der Waals surface area contributed by atoms with Crippen molar-refractivity contribution in [3.05, 3.63) is 10.6 Å². The third kappa shape index (κ3) is 4.19. The molecule has 21 heavy (non-hydrogen) atoms. The summed E-state index contributed by atoms with van der Waals surface area (Å²) in [5, 5.41) is 4.81. The average molecular weight is 310 g/mol. The first-order chi connectivity index (χ1) is 10.2. The summed E-state index contributed by atoms with van der Waals surface area (Å²) in [7, 11) is 0. The summed E-state index contributed by atoms with van der Waals surface area (Å²) in [5.74, 6) is 1.43. The Morgan fingerprint density at radius 1 is 1.38 bits per heavy atom. The quantitative estimate of drug-likeness (QED) is 0.722. The van der Waals surface area contributed by atoms with Gasteiger partial charge in [-0.1, -0.05) is 34.1 Å². The predicted molar refractivity (Wildman–Crippen MR) is 93.4 cm³/mol. The van der Waals surface area contributed by atoms with Gasteiger partial charge in [-0.2, -0.15) is 0 Å². The van der Waals surface area contributed by atoms with Crippen LogP contribution in [0.2, 0.25) is 0 Å². The molecule has 120 valence electrons. The zero-order valence-electron chi connectivity index (χ0n) is 14.1. The normalized spacial score (nSPS) is 20.2. The first kappa shape index (κ1) is 16.8. The van der Waals surface area contributed by atoms with Gasteiger partial charge in [0.15, 0.2) is 5.13 Å². The third-order valence-electron chi connectivity index (χ3n) is 4.64. The van der Waals surface area contributed by atoms with Crippen LogP contribution >= 0.6 is 11.3 Å². The summed E-state index contributed by atoms with van der Waals surface area (Å²) in [6.07, 6.45) is 4.99. The van der Waals surface area contributed by atoms with Gasteiger partial charge in [0.25, 0.3) is 0 Å². The molecule has 2 atom stereocenters. The third-order valence-corrected chi connectivity index (χ3v) is 5.77. The van der Waals surface area contributed by atoms with Crippen molar-refractivity contribution in [2.24, 2.45) is 5.92 Å². The molecule has 4 heteroatoms. The minimum Gasteiger partial charge on any atom is -0.348 e. The van der Waals surface area contributed by atoms with Crippen LogP contribution in [-0.2, 0) is 6.54 Å². The lowest BCUT2D eigenvalue weighted by atomic mass is 10.0. The number of nitrogens with one attached hydrogen (secondary N) is 1. The monoisotopic (exact) mass is 309 g/mol. The Hall–Kier alpha value is -0.610. The first-order valence-electron chi connectivity index (χ1n) is 8.64. The van der Waals surface area contributed by atoms with Gasteiger partial charge in [0.1, 0.15) is 0 Å². The molecule has 0 amide bonds. The van der Waals surface area contributed by atoms with Crippen LogP contribution in [0.1, 0.15) is 69.9 Å². The average Bonchev–Trinajstić information content (AvgIpc) is 3.13. The largest absolute Gasteiger partial charge is 0.348 e. The van der Waals surface area contributed by atoms with Gasteiger partial charge < -0.3 is 10.2 Å². The fraction of sp³-hybridized carbons (Fsp3) is 0.824. The van der Waals surface area contributed by atoms with Crippen LogP contribution in [0.15, 0.2) is 0 Å². The van der Waals surface area contributed by atoms with Gasteiger partial charge in [0, 0.05) is 24.5 Å². The number of aromatic nitrogens is 1. The number of hydrogen-bond donors (Lipinski definition) is 1. The summed E-state index contributed by atoms with van der Waals surface area (Å²) < 4.78 is 0. The van der Waals surface area contributed by atoms with Gasteiger partial charge in [-0.3, -0.25) is 0 Å². The maximum absolute atomic E-state index is 5.01. The zero-order chi connectivity index (χ0) is 15.2. The summed E-state index contributed by atoms with van der Waals surface area (Å²) in [6.45, 7) is 13.6. The van der Waals surface area contributed by atoms with E-state index in [1.54, 1.807) is 0 Å². The molecule has 0 radical (unpaired) electrons. The molecule has 2 rings (SSSR count). The number of rotatable bonds is 8. The van der Waals surface area contributed by atoms with E-state index in [1.165, 1.54) is 54.5 Å². The SMILES string of the molecule is CCCNCc1sc(N2CCC(CC)C2)nc1C(C)CC. The van der Waals surface area contributed by atoms with Crippen LogP contribution in [0.4, 0.5) is 5.13 Å². The molecule has 1 aliphatic rings. The molecule has 1 saturated heterocycles. The molecule has 1 N–H and O–H groups in total. The molecular weight excluding hydrogens is 278 g/mol. The molecule has 0 aromatic carbocycles. The molecule has 1 fully saturated rings. The van der Waals surface area contributed by atoms with E-state index in [4.69, 9.17) is 4.98 Å². The van der Waals surface area contributed by atoms with Gasteiger partial charge in [0.2, 0.25) is 0 Å². The van der Waals surface area contributed by atoms with Crippen molar-refractivity contribution < 1.29 is 0 Å². The number of anilines is 1. The Morgan fingerprint density at radius 3 is 2.81 bits per heavy atom. The Balaban J connectivity index is 2.11. The van der Waals surface area contributed by atoms with Crippen LogP contribution in [0, 0.1) is 5.92 Å². The summed E-state index contributed by atoms with van der Waals surface area (Å²) in [4.78, 5) is 8.97. The smallest absolute Gasteiger partial charge is 0.185 e. The van der Waals surface area contributed by atoms with E-state index in [0.717, 1.165) is 19.0 Å². The highest BCUT2D eigenvalue weighted by Crippen LogP contribution is 2.34. The lowest BCUT2D eigenvalue weighted by molar-refractivity contribution is 0.569. The fourth-order valence-corrected chi connectivity index (χ4v) is 4.09. The minimum atomic E-state index is 0.568. The molecule has 1 aromatic heterocycles. The van der Waals surface area contributed by atoms with Gasteiger partial charge >= 0.3 is 0 Å². The summed E-state index contributed by atoms with van der Waals surface area (Å²) >= 11 is 1.92. The van der Waals surface area contributed by atoms with Crippen molar-refractivity contribution in [2.75, 3.05) is 24.5 Å². The molecule has 2 unspecified atom stereocenters. The highest BCUT2D eigenvalue weighted by Gasteiger charge is 2.25. The van der Waals surface area contributed by atoms with Crippen molar-refractivity contribution in [3.63, 3.8) is 0 Å². The number of nitrogens with zero attached hydrogens (tertiary/aromatic N) is 2. The molecule has 1 aromatic rings. The van der Waals surface area contributed by atoms with E-state index < -0.39 is 0 Å². The molecular formula is C17H31N3S. The maximum atomic E-state index is 5.01. The second kappa shape index (κ2) is 8.14. The van der Waals surface area contributed by atoms with Crippen LogP contribution < -0.4 is 10.2 Å². The van der Waals surface area contributed by atoms with Crippen molar-refractivity contribution in [1.29, 1.82) is 0 Å². The van der Waals surface area contributed by atoms with Crippen LogP contribution in [0.25, 0.3) is 0 Å². The van der Waals surface area contributed by atoms with Gasteiger partial charge in [0.05, 0.1) is 5.69 Å². The standard InChI is InChI=1S/C17H31N3S/c1-5-9-18-11-15-16(13(4)6-2)19-17(21-15)20-10-8-14(7-3)12-20/h13-14,18H,5-12H2,1-4H3. The van der Waals surface area contributed by atoms with Crippen molar-refractivity contribution in [2.45, 2.75) is 65.8 Å². The second-order valence-electron chi connectivity index (χ2n) is 6.30. The van der Waals surface area contributed by atoms with Crippen molar-refractivity contribution in [1.82, 2.24) is 10.3 Å². The topological polar surface area (TPSA) is 28.2 Å². The predicted octanol–water partition coefficient (Wildman–Crippen LogP) is 4.39. The Bertz CT molecular complexity index is 430. The lowest BCUT2D eigenvalue weighted by Gasteiger charge is -2.14. The summed E-state index contributed by atoms with van der Waals surface area (Å²) in [6, 6.07) is 0. The molecule has 0 bridgehead atoms. The van der Waals surface area contributed by atoms with Crippen LogP contribution in [-0.4, -0.2) is 24.6 Å².